The summed E-state index contributed by atoms with van der Waals surface area (Å²) < 4.78 is 16.1. The normalized spacial score (nSPS) is 20.6. The summed E-state index contributed by atoms with van der Waals surface area (Å²) >= 11 is 0. The molecule has 8 nitrogen and oxygen atoms in total. The number of benzene rings is 1. The fourth-order valence-electron chi connectivity index (χ4n) is 4.39. The van der Waals surface area contributed by atoms with E-state index in [2.05, 4.69) is 5.32 Å². The Morgan fingerprint density at radius 3 is 2.58 bits per heavy atom. The molecular weight excluding hydrogens is 400 g/mol. The van der Waals surface area contributed by atoms with Crippen molar-refractivity contribution in [3.05, 3.63) is 29.8 Å². The number of nitrogens with zero attached hydrogens (tertiary/aromatic N) is 1. The SMILES string of the molecule is CCOC(=O)C1(C[C@@H]2CCCCO2)CCN(C(=O)Nc2ccccc2C(=O)OC)CC1. The summed E-state index contributed by atoms with van der Waals surface area (Å²) in [6.45, 7) is 3.73. The van der Waals surface area contributed by atoms with Gasteiger partial charge in [-0.2, -0.15) is 0 Å². The number of anilines is 1. The number of carbonyl (C=O) groups excluding carboxylic acids is 3. The minimum absolute atomic E-state index is 0.0606. The Balaban J connectivity index is 1.66. The van der Waals surface area contributed by atoms with Gasteiger partial charge in [-0.15, -0.1) is 0 Å². The van der Waals surface area contributed by atoms with Gasteiger partial charge in [0.15, 0.2) is 0 Å². The number of esters is 2. The molecule has 2 amide bonds. The number of urea groups is 1. The average Bonchev–Trinajstić information content (AvgIpc) is 2.80. The zero-order valence-electron chi connectivity index (χ0n) is 18.4. The van der Waals surface area contributed by atoms with Crippen LogP contribution in [0.25, 0.3) is 0 Å². The van der Waals surface area contributed by atoms with Crippen LogP contribution in [0.2, 0.25) is 0 Å². The molecule has 0 unspecified atom stereocenters. The lowest BCUT2D eigenvalue weighted by Gasteiger charge is -2.42. The van der Waals surface area contributed by atoms with E-state index in [9.17, 15) is 14.4 Å². The highest BCUT2D eigenvalue weighted by molar-refractivity contribution is 6.00. The molecule has 2 aliphatic rings. The third-order valence-corrected chi connectivity index (χ3v) is 6.18. The molecule has 1 aromatic rings. The third-order valence-electron chi connectivity index (χ3n) is 6.18. The number of methoxy groups -OCH3 is 1. The second kappa shape index (κ2) is 10.6. The lowest BCUT2D eigenvalue weighted by molar-refractivity contribution is -0.162. The van der Waals surface area contributed by atoms with Gasteiger partial charge >= 0.3 is 18.0 Å². The largest absolute Gasteiger partial charge is 0.466 e. The van der Waals surface area contributed by atoms with E-state index in [1.807, 2.05) is 6.92 Å². The Morgan fingerprint density at radius 2 is 1.94 bits per heavy atom. The van der Waals surface area contributed by atoms with Gasteiger partial charge in [0.25, 0.3) is 0 Å². The number of piperidine rings is 1. The first kappa shape index (κ1) is 23.1. The molecule has 0 radical (unpaired) electrons. The zero-order valence-corrected chi connectivity index (χ0v) is 18.4. The number of hydrogen-bond acceptors (Lipinski definition) is 6. The minimum Gasteiger partial charge on any atom is -0.466 e. The maximum absolute atomic E-state index is 12.9. The van der Waals surface area contributed by atoms with Gasteiger partial charge in [-0.1, -0.05) is 12.1 Å². The van der Waals surface area contributed by atoms with E-state index in [1.165, 1.54) is 7.11 Å². The summed E-state index contributed by atoms with van der Waals surface area (Å²) in [5, 5.41) is 2.80. The molecule has 0 saturated carbocycles. The molecular formula is C23H32N2O6. The molecule has 2 aliphatic heterocycles. The molecule has 31 heavy (non-hydrogen) atoms. The number of ether oxygens (including phenoxy) is 3. The Hall–Kier alpha value is -2.61. The van der Waals surface area contributed by atoms with Crippen molar-refractivity contribution in [2.24, 2.45) is 5.41 Å². The van der Waals surface area contributed by atoms with Crippen LogP contribution in [0.15, 0.2) is 24.3 Å². The van der Waals surface area contributed by atoms with Crippen LogP contribution in [0, 0.1) is 5.41 Å². The quantitative estimate of drug-likeness (QED) is 0.690. The average molecular weight is 433 g/mol. The second-order valence-corrected chi connectivity index (χ2v) is 8.15. The van der Waals surface area contributed by atoms with E-state index in [0.29, 0.717) is 50.2 Å². The van der Waals surface area contributed by atoms with Crippen molar-refractivity contribution in [3.8, 4) is 0 Å². The number of likely N-dealkylation sites (tertiary alicyclic amines) is 1. The van der Waals surface area contributed by atoms with Gasteiger partial charge in [0.2, 0.25) is 0 Å². The first-order valence-corrected chi connectivity index (χ1v) is 11.0. The van der Waals surface area contributed by atoms with Crippen LogP contribution in [0.1, 0.15) is 55.8 Å². The molecule has 1 atom stereocenters. The Kier molecular flexibility index (Phi) is 7.90. The maximum atomic E-state index is 12.9. The number of rotatable bonds is 6. The Morgan fingerprint density at radius 1 is 1.19 bits per heavy atom. The summed E-state index contributed by atoms with van der Waals surface area (Å²) in [4.78, 5) is 39.3. The molecule has 0 aromatic heterocycles. The van der Waals surface area contributed by atoms with Crippen molar-refractivity contribution in [1.82, 2.24) is 4.90 Å². The lowest BCUT2D eigenvalue weighted by Crippen LogP contribution is -2.50. The van der Waals surface area contributed by atoms with E-state index in [0.717, 1.165) is 25.9 Å². The van der Waals surface area contributed by atoms with Crippen LogP contribution in [-0.4, -0.2) is 62.4 Å². The minimum atomic E-state index is -0.626. The fourth-order valence-corrected chi connectivity index (χ4v) is 4.39. The van der Waals surface area contributed by atoms with Gasteiger partial charge in [0, 0.05) is 19.7 Å². The number of amides is 2. The zero-order chi connectivity index (χ0) is 22.3. The fraction of sp³-hybridized carbons (Fsp3) is 0.609. The summed E-state index contributed by atoms with van der Waals surface area (Å²) in [7, 11) is 1.30. The van der Waals surface area contributed by atoms with Crippen molar-refractivity contribution >= 4 is 23.7 Å². The van der Waals surface area contributed by atoms with Gasteiger partial charge in [0.1, 0.15) is 0 Å². The molecule has 0 bridgehead atoms. The molecule has 2 heterocycles. The number of nitrogens with one attached hydrogen (secondary N) is 1. The van der Waals surface area contributed by atoms with E-state index in [-0.39, 0.29) is 18.1 Å². The van der Waals surface area contributed by atoms with Crippen LogP contribution in [0.4, 0.5) is 10.5 Å². The topological polar surface area (TPSA) is 94.2 Å². The highest BCUT2D eigenvalue weighted by atomic mass is 16.5. The van der Waals surface area contributed by atoms with Crippen molar-refractivity contribution in [2.75, 3.05) is 38.7 Å². The lowest BCUT2D eigenvalue weighted by atomic mass is 9.73. The van der Waals surface area contributed by atoms with Crippen molar-refractivity contribution in [1.29, 1.82) is 0 Å². The summed E-state index contributed by atoms with van der Waals surface area (Å²) in [6.07, 6.45) is 4.87. The molecule has 2 saturated heterocycles. The smallest absolute Gasteiger partial charge is 0.339 e. The van der Waals surface area contributed by atoms with Crippen LogP contribution in [0.3, 0.4) is 0 Å². The number of carbonyl (C=O) groups is 3. The van der Waals surface area contributed by atoms with E-state index in [4.69, 9.17) is 14.2 Å². The van der Waals surface area contributed by atoms with Gasteiger partial charge < -0.3 is 24.4 Å². The summed E-state index contributed by atoms with van der Waals surface area (Å²) in [5.41, 5.74) is 0.0708. The molecule has 1 aromatic carbocycles. The van der Waals surface area contributed by atoms with E-state index in [1.54, 1.807) is 29.2 Å². The Bertz CT molecular complexity index is 782. The van der Waals surface area contributed by atoms with Crippen LogP contribution in [-0.2, 0) is 19.0 Å². The van der Waals surface area contributed by atoms with E-state index >= 15 is 0 Å². The Labute approximate surface area is 183 Å². The molecule has 3 rings (SSSR count). The van der Waals surface area contributed by atoms with Gasteiger partial charge in [-0.25, -0.2) is 9.59 Å². The van der Waals surface area contributed by atoms with Crippen molar-refractivity contribution in [2.45, 2.75) is 51.6 Å². The monoisotopic (exact) mass is 432 g/mol. The van der Waals surface area contributed by atoms with Crippen LogP contribution in [0.5, 0.6) is 0 Å². The highest BCUT2D eigenvalue weighted by Crippen LogP contribution is 2.40. The third kappa shape index (κ3) is 5.55. The predicted octanol–water partition coefficient (Wildman–Crippen LogP) is 3.61. The van der Waals surface area contributed by atoms with Gasteiger partial charge in [0.05, 0.1) is 36.5 Å². The first-order valence-electron chi connectivity index (χ1n) is 11.0. The summed E-state index contributed by atoms with van der Waals surface area (Å²) in [5.74, 6) is -0.705. The van der Waals surface area contributed by atoms with Crippen molar-refractivity contribution in [3.63, 3.8) is 0 Å². The molecule has 170 valence electrons. The number of para-hydroxylation sites is 1. The highest BCUT2D eigenvalue weighted by Gasteiger charge is 2.45. The maximum Gasteiger partial charge on any atom is 0.339 e. The van der Waals surface area contributed by atoms with Crippen molar-refractivity contribution < 1.29 is 28.6 Å². The molecule has 0 spiro atoms. The summed E-state index contributed by atoms with van der Waals surface area (Å²) in [6, 6.07) is 6.42. The first-order chi connectivity index (χ1) is 15.0. The molecule has 8 heteroatoms. The van der Waals surface area contributed by atoms with Crippen LogP contribution < -0.4 is 5.32 Å². The number of hydrogen-bond donors (Lipinski definition) is 1. The van der Waals surface area contributed by atoms with Gasteiger partial charge in [-0.05, 0) is 57.6 Å². The standard InChI is InChI=1S/C23H32N2O6/c1-3-30-21(27)23(16-17-8-6-7-15-31-17)11-13-25(14-12-23)22(28)24-19-10-5-4-9-18(19)20(26)29-2/h4-5,9-10,17H,3,6-8,11-16H2,1-2H3,(H,24,28)/t17-/m0/s1. The molecule has 2 fully saturated rings. The second-order valence-electron chi connectivity index (χ2n) is 8.15. The molecule has 1 N–H and O–H groups in total. The van der Waals surface area contributed by atoms with Gasteiger partial charge in [-0.3, -0.25) is 4.79 Å². The molecule has 0 aliphatic carbocycles. The predicted molar refractivity (Wildman–Crippen MR) is 115 cm³/mol. The van der Waals surface area contributed by atoms with Crippen LogP contribution >= 0.6 is 0 Å². The van der Waals surface area contributed by atoms with E-state index < -0.39 is 11.4 Å².